The molecule has 174 valence electrons. The van der Waals surface area contributed by atoms with Gasteiger partial charge in [0.1, 0.15) is 5.76 Å². The molecule has 4 rings (SSSR count). The highest BCUT2D eigenvalue weighted by atomic mass is 16.3. The summed E-state index contributed by atoms with van der Waals surface area (Å²) in [5, 5.41) is 3.17. The van der Waals surface area contributed by atoms with Crippen molar-refractivity contribution in [3.8, 4) is 0 Å². The predicted molar refractivity (Wildman–Crippen MR) is 129 cm³/mol. The smallest absolute Gasteiger partial charge is 0.225 e. The summed E-state index contributed by atoms with van der Waals surface area (Å²) in [6.45, 7) is 6.55. The van der Waals surface area contributed by atoms with Crippen molar-refractivity contribution in [1.82, 2.24) is 20.2 Å². The number of carbonyl (C=O) groups is 1. The molecule has 1 aliphatic rings. The largest absolute Gasteiger partial charge is 0.468 e. The molecular formula is C26H33N5O2. The first-order valence-corrected chi connectivity index (χ1v) is 11.8. The molecule has 0 bridgehead atoms. The SMILES string of the molecule is Cc1ccnc(N2CCC[C@@H](C(=O)NCCN(CCc3ccccc3)Cc3ccco3)C2)n1. The Morgan fingerprint density at radius 1 is 1.18 bits per heavy atom. The molecule has 0 spiro atoms. The number of rotatable bonds is 10. The van der Waals surface area contributed by atoms with Crippen LogP contribution in [0.15, 0.2) is 65.4 Å². The predicted octanol–water partition coefficient (Wildman–Crippen LogP) is 3.46. The molecule has 3 heterocycles. The van der Waals surface area contributed by atoms with E-state index < -0.39 is 0 Å². The van der Waals surface area contributed by atoms with Gasteiger partial charge in [-0.2, -0.15) is 0 Å². The molecular weight excluding hydrogens is 414 g/mol. The summed E-state index contributed by atoms with van der Waals surface area (Å²) in [7, 11) is 0. The summed E-state index contributed by atoms with van der Waals surface area (Å²) in [4.78, 5) is 26.3. The number of furan rings is 1. The zero-order chi connectivity index (χ0) is 22.9. The lowest BCUT2D eigenvalue weighted by Crippen LogP contribution is -2.45. The van der Waals surface area contributed by atoms with Gasteiger partial charge in [-0.15, -0.1) is 0 Å². The van der Waals surface area contributed by atoms with E-state index in [1.165, 1.54) is 5.56 Å². The maximum atomic E-state index is 12.9. The van der Waals surface area contributed by atoms with Crippen molar-refractivity contribution in [2.24, 2.45) is 5.92 Å². The van der Waals surface area contributed by atoms with E-state index in [-0.39, 0.29) is 11.8 Å². The first-order valence-electron chi connectivity index (χ1n) is 11.8. The van der Waals surface area contributed by atoms with Crippen molar-refractivity contribution in [3.05, 3.63) is 78.0 Å². The fourth-order valence-electron chi connectivity index (χ4n) is 4.27. The van der Waals surface area contributed by atoms with Gasteiger partial charge in [0.15, 0.2) is 0 Å². The summed E-state index contributed by atoms with van der Waals surface area (Å²) in [5.41, 5.74) is 2.25. The molecule has 0 unspecified atom stereocenters. The van der Waals surface area contributed by atoms with Crippen LogP contribution in [0.1, 0.15) is 29.9 Å². The van der Waals surface area contributed by atoms with Crippen molar-refractivity contribution in [2.75, 3.05) is 37.6 Å². The Morgan fingerprint density at radius 3 is 2.85 bits per heavy atom. The molecule has 3 aromatic rings. The number of amides is 1. The highest BCUT2D eigenvalue weighted by Gasteiger charge is 2.27. The Labute approximate surface area is 195 Å². The van der Waals surface area contributed by atoms with Crippen molar-refractivity contribution < 1.29 is 9.21 Å². The minimum atomic E-state index is -0.0364. The van der Waals surface area contributed by atoms with Gasteiger partial charge in [-0.05, 0) is 49.9 Å². The maximum absolute atomic E-state index is 12.9. The van der Waals surface area contributed by atoms with Crippen LogP contribution in [-0.4, -0.2) is 53.5 Å². The standard InChI is InChI=1S/C26H33N5O2/c1-21-11-13-28-26(29-21)31-15-5-9-23(19-31)25(32)27-14-17-30(20-24-10-6-18-33-24)16-12-22-7-3-2-4-8-22/h2-4,6-8,10-11,13,18,23H,5,9,12,14-17,19-20H2,1H3,(H,27,32)/t23-/m1/s1. The summed E-state index contributed by atoms with van der Waals surface area (Å²) < 4.78 is 5.55. The first-order chi connectivity index (χ1) is 16.2. The van der Waals surface area contributed by atoms with Crippen LogP contribution in [0.3, 0.4) is 0 Å². The molecule has 1 fully saturated rings. The Kier molecular flexibility index (Phi) is 8.09. The average molecular weight is 448 g/mol. The fraction of sp³-hybridized carbons (Fsp3) is 0.423. The lowest BCUT2D eigenvalue weighted by atomic mass is 9.97. The molecule has 1 saturated heterocycles. The van der Waals surface area contributed by atoms with E-state index in [0.29, 0.717) is 13.1 Å². The summed E-state index contributed by atoms with van der Waals surface area (Å²) in [6.07, 6.45) is 6.32. The number of piperidine rings is 1. The van der Waals surface area contributed by atoms with Gasteiger partial charge in [-0.1, -0.05) is 30.3 Å². The van der Waals surface area contributed by atoms with E-state index in [4.69, 9.17) is 4.42 Å². The van der Waals surface area contributed by atoms with Crippen LogP contribution in [0, 0.1) is 12.8 Å². The van der Waals surface area contributed by atoms with Crippen molar-refractivity contribution in [1.29, 1.82) is 0 Å². The van der Waals surface area contributed by atoms with E-state index in [9.17, 15) is 4.79 Å². The summed E-state index contributed by atoms with van der Waals surface area (Å²) >= 11 is 0. The maximum Gasteiger partial charge on any atom is 0.225 e. The van der Waals surface area contributed by atoms with Gasteiger partial charge in [0.25, 0.3) is 0 Å². The van der Waals surface area contributed by atoms with E-state index >= 15 is 0 Å². The molecule has 2 aromatic heterocycles. The van der Waals surface area contributed by atoms with Crippen LogP contribution in [0.2, 0.25) is 0 Å². The first kappa shape index (κ1) is 23.0. The molecule has 1 atom stereocenters. The zero-order valence-electron chi connectivity index (χ0n) is 19.3. The second-order valence-corrected chi connectivity index (χ2v) is 8.67. The number of aromatic nitrogens is 2. The van der Waals surface area contributed by atoms with E-state index in [1.807, 2.05) is 31.2 Å². The van der Waals surface area contributed by atoms with Crippen molar-refractivity contribution >= 4 is 11.9 Å². The third kappa shape index (κ3) is 6.89. The Balaban J connectivity index is 1.27. The number of hydrogen-bond donors (Lipinski definition) is 1. The molecule has 7 nitrogen and oxygen atoms in total. The molecule has 0 aliphatic carbocycles. The van der Waals surface area contributed by atoms with Gasteiger partial charge in [0.05, 0.1) is 18.7 Å². The van der Waals surface area contributed by atoms with Crippen LogP contribution in [0.5, 0.6) is 0 Å². The molecule has 7 heteroatoms. The minimum absolute atomic E-state index is 0.0364. The second-order valence-electron chi connectivity index (χ2n) is 8.67. The van der Waals surface area contributed by atoms with Crippen LogP contribution in [0.25, 0.3) is 0 Å². The van der Waals surface area contributed by atoms with Crippen LogP contribution in [-0.2, 0) is 17.8 Å². The molecule has 0 saturated carbocycles. The Bertz CT molecular complexity index is 993. The topological polar surface area (TPSA) is 74.5 Å². The highest BCUT2D eigenvalue weighted by Crippen LogP contribution is 2.20. The molecule has 1 N–H and O–H groups in total. The number of benzene rings is 1. The number of nitrogens with one attached hydrogen (secondary N) is 1. The molecule has 33 heavy (non-hydrogen) atoms. The lowest BCUT2D eigenvalue weighted by molar-refractivity contribution is -0.125. The van der Waals surface area contributed by atoms with Gasteiger partial charge < -0.3 is 14.6 Å². The normalized spacial score (nSPS) is 16.2. The molecule has 1 aliphatic heterocycles. The van der Waals surface area contributed by atoms with Crippen LogP contribution >= 0.6 is 0 Å². The van der Waals surface area contributed by atoms with Gasteiger partial charge in [-0.25, -0.2) is 9.97 Å². The quantitative estimate of drug-likeness (QED) is 0.513. The fourth-order valence-corrected chi connectivity index (χ4v) is 4.27. The number of hydrogen-bond acceptors (Lipinski definition) is 6. The highest BCUT2D eigenvalue weighted by molar-refractivity contribution is 5.79. The van der Waals surface area contributed by atoms with Gasteiger partial charge in [0, 0.05) is 44.6 Å². The number of carbonyl (C=O) groups excluding carboxylic acids is 1. The third-order valence-corrected chi connectivity index (χ3v) is 6.10. The molecule has 1 amide bonds. The lowest BCUT2D eigenvalue weighted by Gasteiger charge is -2.32. The van der Waals surface area contributed by atoms with Gasteiger partial charge in [-0.3, -0.25) is 9.69 Å². The van der Waals surface area contributed by atoms with Crippen LogP contribution in [0.4, 0.5) is 5.95 Å². The Morgan fingerprint density at radius 2 is 2.06 bits per heavy atom. The third-order valence-electron chi connectivity index (χ3n) is 6.10. The number of anilines is 1. The minimum Gasteiger partial charge on any atom is -0.468 e. The summed E-state index contributed by atoms with van der Waals surface area (Å²) in [6, 6.07) is 16.3. The average Bonchev–Trinajstić information content (AvgIpc) is 3.36. The number of aryl methyl sites for hydroxylation is 1. The van der Waals surface area contributed by atoms with E-state index in [1.54, 1.807) is 12.5 Å². The van der Waals surface area contributed by atoms with E-state index in [2.05, 4.69) is 49.4 Å². The molecule has 1 aromatic carbocycles. The van der Waals surface area contributed by atoms with Crippen molar-refractivity contribution in [2.45, 2.75) is 32.7 Å². The van der Waals surface area contributed by atoms with Gasteiger partial charge >= 0.3 is 0 Å². The number of nitrogens with zero attached hydrogens (tertiary/aromatic N) is 4. The van der Waals surface area contributed by atoms with Gasteiger partial charge in [0.2, 0.25) is 11.9 Å². The zero-order valence-corrected chi connectivity index (χ0v) is 19.3. The van der Waals surface area contributed by atoms with Crippen molar-refractivity contribution in [3.63, 3.8) is 0 Å². The second kappa shape index (κ2) is 11.6. The molecule has 0 radical (unpaired) electrons. The summed E-state index contributed by atoms with van der Waals surface area (Å²) in [5.74, 6) is 1.74. The van der Waals surface area contributed by atoms with E-state index in [0.717, 1.165) is 62.8 Å². The monoisotopic (exact) mass is 447 g/mol. The Hall–Kier alpha value is -3.19. The van der Waals surface area contributed by atoms with Crippen LogP contribution < -0.4 is 10.2 Å².